The molecular formula is C16H17ClN2O2S. The number of nitrogens with zero attached hydrogens (tertiary/aromatic N) is 1. The minimum absolute atomic E-state index is 0.0306. The zero-order chi connectivity index (χ0) is 15.9. The summed E-state index contributed by atoms with van der Waals surface area (Å²) in [6.07, 6.45) is 1.14. The van der Waals surface area contributed by atoms with Crippen molar-refractivity contribution in [1.82, 2.24) is 0 Å². The second-order valence-corrected chi connectivity index (χ2v) is 6.60. The molecule has 0 saturated carbocycles. The number of hydrogen-bond acceptors (Lipinski definition) is 3. The molecule has 0 radical (unpaired) electrons. The molecule has 2 rings (SSSR count). The molecule has 2 N–H and O–H groups in total. The van der Waals surface area contributed by atoms with Crippen LogP contribution in [0.15, 0.2) is 42.5 Å². The van der Waals surface area contributed by atoms with Crippen LogP contribution in [0.25, 0.3) is 0 Å². The fraction of sp³-hybridized carbons (Fsp3) is 0.250. The van der Waals surface area contributed by atoms with Crippen LogP contribution in [0.3, 0.4) is 0 Å². The zero-order valence-corrected chi connectivity index (χ0v) is 13.6. The quantitative estimate of drug-likeness (QED) is 0.843. The third-order valence-electron chi connectivity index (χ3n) is 3.16. The topological polar surface area (TPSA) is 63.4 Å². The van der Waals surface area contributed by atoms with E-state index in [9.17, 15) is 9.59 Å². The molecule has 0 aliphatic rings. The van der Waals surface area contributed by atoms with Crippen molar-refractivity contribution in [3.8, 4) is 0 Å². The lowest BCUT2D eigenvalue weighted by atomic mass is 10.2. The smallest absolute Gasteiger partial charge is 0.227 e. The normalized spacial score (nSPS) is 10.4. The fourth-order valence-electron chi connectivity index (χ4n) is 2.08. The number of hydrogen-bond donors (Lipinski definition) is 1. The van der Waals surface area contributed by atoms with Crippen LogP contribution in [0.2, 0.25) is 4.34 Å². The van der Waals surface area contributed by atoms with Crippen LogP contribution < -0.4 is 10.6 Å². The number of halogens is 1. The number of amides is 2. The minimum atomic E-state index is -0.418. The molecular weight excluding hydrogens is 320 g/mol. The van der Waals surface area contributed by atoms with Crippen LogP contribution in [0, 0.1) is 0 Å². The highest BCUT2D eigenvalue weighted by molar-refractivity contribution is 7.16. The molecule has 0 unspecified atom stereocenters. The number of benzene rings is 1. The van der Waals surface area contributed by atoms with E-state index in [0.29, 0.717) is 19.4 Å². The lowest BCUT2D eigenvalue weighted by Gasteiger charge is -2.22. The summed E-state index contributed by atoms with van der Waals surface area (Å²) in [7, 11) is 0. The number of carbonyl (C=O) groups is 2. The zero-order valence-electron chi connectivity index (χ0n) is 12.0. The second-order valence-electron chi connectivity index (χ2n) is 4.80. The molecule has 22 heavy (non-hydrogen) atoms. The summed E-state index contributed by atoms with van der Waals surface area (Å²) >= 11 is 7.37. The van der Waals surface area contributed by atoms with Gasteiger partial charge in [0.25, 0.3) is 0 Å². The highest BCUT2D eigenvalue weighted by Gasteiger charge is 2.16. The first kappa shape index (κ1) is 16.5. The van der Waals surface area contributed by atoms with Crippen LogP contribution in [0.5, 0.6) is 0 Å². The van der Waals surface area contributed by atoms with E-state index >= 15 is 0 Å². The Balaban J connectivity index is 2.03. The van der Waals surface area contributed by atoms with Gasteiger partial charge in [-0.1, -0.05) is 29.8 Å². The Morgan fingerprint density at radius 1 is 1.09 bits per heavy atom. The third-order valence-corrected chi connectivity index (χ3v) is 4.46. The van der Waals surface area contributed by atoms with Gasteiger partial charge >= 0.3 is 0 Å². The highest BCUT2D eigenvalue weighted by atomic mass is 35.5. The average Bonchev–Trinajstić information content (AvgIpc) is 2.92. The number of para-hydroxylation sites is 1. The molecule has 0 bridgehead atoms. The van der Waals surface area contributed by atoms with E-state index in [2.05, 4.69) is 0 Å². The van der Waals surface area contributed by atoms with Gasteiger partial charge in [-0.3, -0.25) is 9.59 Å². The Bertz CT molecular complexity index is 643. The van der Waals surface area contributed by atoms with Crippen molar-refractivity contribution >= 4 is 40.4 Å². The maximum Gasteiger partial charge on any atom is 0.227 e. The Morgan fingerprint density at radius 2 is 1.82 bits per heavy atom. The molecule has 0 aliphatic heterocycles. The molecule has 2 aromatic rings. The maximum atomic E-state index is 12.5. The Labute approximate surface area is 138 Å². The minimum Gasteiger partial charge on any atom is -0.370 e. The molecule has 0 fully saturated rings. The van der Waals surface area contributed by atoms with E-state index in [1.807, 2.05) is 42.5 Å². The molecule has 2 amide bonds. The molecule has 1 heterocycles. The molecule has 6 heteroatoms. The lowest BCUT2D eigenvalue weighted by Crippen LogP contribution is -2.34. The van der Waals surface area contributed by atoms with Gasteiger partial charge in [-0.25, -0.2) is 0 Å². The number of nitrogens with two attached hydrogens (primary N) is 1. The van der Waals surface area contributed by atoms with Crippen LogP contribution in [0.4, 0.5) is 5.69 Å². The number of thiophene rings is 1. The van der Waals surface area contributed by atoms with E-state index < -0.39 is 5.91 Å². The van der Waals surface area contributed by atoms with Gasteiger partial charge in [0.2, 0.25) is 11.8 Å². The van der Waals surface area contributed by atoms with Gasteiger partial charge in [0.05, 0.1) is 4.34 Å². The van der Waals surface area contributed by atoms with Crippen LogP contribution in [-0.2, 0) is 16.0 Å². The molecule has 0 spiro atoms. The Kier molecular flexibility index (Phi) is 5.98. The molecule has 4 nitrogen and oxygen atoms in total. The number of anilines is 1. The van der Waals surface area contributed by atoms with Crippen molar-refractivity contribution in [3.05, 3.63) is 51.7 Å². The summed E-state index contributed by atoms with van der Waals surface area (Å²) in [6.45, 7) is 0.295. The third kappa shape index (κ3) is 4.86. The summed E-state index contributed by atoms with van der Waals surface area (Å²) in [5, 5.41) is 0. The summed E-state index contributed by atoms with van der Waals surface area (Å²) in [5.41, 5.74) is 5.97. The van der Waals surface area contributed by atoms with Gasteiger partial charge in [0.1, 0.15) is 0 Å². The van der Waals surface area contributed by atoms with E-state index in [0.717, 1.165) is 14.9 Å². The van der Waals surface area contributed by atoms with E-state index in [1.165, 1.54) is 11.3 Å². The number of rotatable bonds is 7. The predicted octanol–water partition coefficient (Wildman–Crippen LogP) is 3.24. The summed E-state index contributed by atoms with van der Waals surface area (Å²) in [5.74, 6) is -0.448. The van der Waals surface area contributed by atoms with E-state index in [4.69, 9.17) is 17.3 Å². The van der Waals surface area contributed by atoms with Crippen molar-refractivity contribution in [1.29, 1.82) is 0 Å². The first-order valence-electron chi connectivity index (χ1n) is 6.94. The second kappa shape index (κ2) is 7.96. The standard InChI is InChI=1S/C16H17ClN2O2S/c17-14-8-6-13(22-14)7-9-16(21)19(11-10-15(18)20)12-4-2-1-3-5-12/h1-6,8H,7,9-11H2,(H2,18,20). The molecule has 1 aromatic heterocycles. The average molecular weight is 337 g/mol. The van der Waals surface area contributed by atoms with Crippen molar-refractivity contribution in [2.24, 2.45) is 5.73 Å². The molecule has 1 aromatic carbocycles. The van der Waals surface area contributed by atoms with Gasteiger partial charge < -0.3 is 10.6 Å². The highest BCUT2D eigenvalue weighted by Crippen LogP contribution is 2.23. The number of carbonyl (C=O) groups excluding carboxylic acids is 2. The Hall–Kier alpha value is -1.85. The summed E-state index contributed by atoms with van der Waals surface area (Å²) < 4.78 is 0.719. The fourth-order valence-corrected chi connectivity index (χ4v) is 3.17. The van der Waals surface area contributed by atoms with Crippen LogP contribution in [0.1, 0.15) is 17.7 Å². The van der Waals surface area contributed by atoms with Crippen LogP contribution in [-0.4, -0.2) is 18.4 Å². The summed E-state index contributed by atoms with van der Waals surface area (Å²) in [6, 6.07) is 13.1. The Morgan fingerprint density at radius 3 is 2.41 bits per heavy atom. The SMILES string of the molecule is NC(=O)CCN(C(=O)CCc1ccc(Cl)s1)c1ccccc1. The largest absolute Gasteiger partial charge is 0.370 e. The monoisotopic (exact) mass is 336 g/mol. The molecule has 0 atom stereocenters. The van der Waals surface area contributed by atoms with Crippen molar-refractivity contribution in [2.75, 3.05) is 11.4 Å². The van der Waals surface area contributed by atoms with Gasteiger partial charge in [0, 0.05) is 30.0 Å². The van der Waals surface area contributed by atoms with Crippen LogP contribution >= 0.6 is 22.9 Å². The van der Waals surface area contributed by atoms with Gasteiger partial charge in [-0.15, -0.1) is 11.3 Å². The van der Waals surface area contributed by atoms with E-state index in [1.54, 1.807) is 4.90 Å². The van der Waals surface area contributed by atoms with Gasteiger partial charge in [0.15, 0.2) is 0 Å². The predicted molar refractivity (Wildman–Crippen MR) is 90.3 cm³/mol. The first-order valence-corrected chi connectivity index (χ1v) is 8.13. The van der Waals surface area contributed by atoms with Crippen molar-refractivity contribution < 1.29 is 9.59 Å². The van der Waals surface area contributed by atoms with Gasteiger partial charge in [-0.05, 0) is 30.7 Å². The number of primary amides is 1. The van der Waals surface area contributed by atoms with Crippen molar-refractivity contribution in [2.45, 2.75) is 19.3 Å². The molecule has 0 saturated heterocycles. The van der Waals surface area contributed by atoms with E-state index in [-0.39, 0.29) is 12.3 Å². The van der Waals surface area contributed by atoms with Crippen molar-refractivity contribution in [3.63, 3.8) is 0 Å². The number of aryl methyl sites for hydroxylation is 1. The molecule has 0 aliphatic carbocycles. The lowest BCUT2D eigenvalue weighted by molar-refractivity contribution is -0.119. The first-order chi connectivity index (χ1) is 10.6. The van der Waals surface area contributed by atoms with Gasteiger partial charge in [-0.2, -0.15) is 0 Å². The summed E-state index contributed by atoms with van der Waals surface area (Å²) in [4.78, 5) is 26.2. The molecule has 116 valence electrons. The maximum absolute atomic E-state index is 12.5.